The average Bonchev–Trinajstić information content (AvgIpc) is 2.61. The Labute approximate surface area is 180 Å². The number of esters is 1. The number of carbonyl (C=O) groups is 2. The number of ether oxygens (including phenoxy) is 2. The molecular weight excluding hydrogens is 413 g/mol. The van der Waals surface area contributed by atoms with E-state index >= 15 is 0 Å². The molecule has 1 unspecified atom stereocenters. The van der Waals surface area contributed by atoms with Crippen LogP contribution < -0.4 is 10.6 Å². The standard InChI is InChI=1S/C22H31F3N2O4/c1-12(15-11-17(21(15,5)6)27-19(29)31-20(2,3)4)26-16-10-13(18(28)30-7)8-9-14(16)22(23,24)25/h8-10,12,15,17,26H,11H2,1-7H3,(H,27,29)/t12?,15-,17-/m1/s1. The number of hydrogen-bond acceptors (Lipinski definition) is 5. The van der Waals surface area contributed by atoms with Crippen molar-refractivity contribution in [3.63, 3.8) is 0 Å². The monoisotopic (exact) mass is 444 g/mol. The summed E-state index contributed by atoms with van der Waals surface area (Å²) in [6, 6.07) is 2.62. The van der Waals surface area contributed by atoms with Crippen molar-refractivity contribution in [3.8, 4) is 0 Å². The molecule has 1 aromatic rings. The van der Waals surface area contributed by atoms with Gasteiger partial charge in [0.25, 0.3) is 0 Å². The van der Waals surface area contributed by atoms with Gasteiger partial charge in [-0.1, -0.05) is 13.8 Å². The lowest BCUT2D eigenvalue weighted by Crippen LogP contribution is -2.62. The Hall–Kier alpha value is -2.45. The maximum Gasteiger partial charge on any atom is 0.418 e. The van der Waals surface area contributed by atoms with Crippen LogP contribution in [0.3, 0.4) is 0 Å². The van der Waals surface area contributed by atoms with Crippen LogP contribution in [-0.4, -0.2) is 36.9 Å². The van der Waals surface area contributed by atoms with Crippen molar-refractivity contribution in [3.05, 3.63) is 29.3 Å². The summed E-state index contributed by atoms with van der Waals surface area (Å²) in [4.78, 5) is 23.9. The van der Waals surface area contributed by atoms with Gasteiger partial charge in [0.15, 0.2) is 0 Å². The lowest BCUT2D eigenvalue weighted by molar-refractivity contribution is -0.137. The molecule has 0 aliphatic heterocycles. The first kappa shape index (κ1) is 24.8. The van der Waals surface area contributed by atoms with E-state index in [2.05, 4.69) is 15.4 Å². The molecule has 1 aliphatic carbocycles. The van der Waals surface area contributed by atoms with Crippen LogP contribution in [0.4, 0.5) is 23.7 Å². The van der Waals surface area contributed by atoms with Gasteiger partial charge in [-0.05, 0) is 63.6 Å². The van der Waals surface area contributed by atoms with Crippen molar-refractivity contribution in [2.45, 2.75) is 71.8 Å². The molecule has 1 saturated carbocycles. The molecule has 6 nitrogen and oxygen atoms in total. The zero-order chi connectivity index (χ0) is 23.8. The first-order chi connectivity index (χ1) is 14.1. The van der Waals surface area contributed by atoms with Gasteiger partial charge < -0.3 is 20.1 Å². The number of alkyl carbamates (subject to hydrolysis) is 1. The molecule has 0 radical (unpaired) electrons. The highest BCUT2D eigenvalue weighted by Gasteiger charge is 2.51. The third-order valence-corrected chi connectivity index (χ3v) is 5.77. The third-order valence-electron chi connectivity index (χ3n) is 5.77. The second-order valence-corrected chi connectivity index (χ2v) is 9.55. The molecule has 1 amide bonds. The van der Waals surface area contributed by atoms with Gasteiger partial charge in [-0.25, -0.2) is 9.59 Å². The first-order valence-corrected chi connectivity index (χ1v) is 10.1. The van der Waals surface area contributed by atoms with Crippen LogP contribution in [0.1, 0.15) is 63.9 Å². The number of methoxy groups -OCH3 is 1. The Morgan fingerprint density at radius 3 is 2.29 bits per heavy atom. The molecule has 0 spiro atoms. The number of amides is 1. The van der Waals surface area contributed by atoms with Crippen molar-refractivity contribution < 1.29 is 32.2 Å². The van der Waals surface area contributed by atoms with Gasteiger partial charge in [0.1, 0.15) is 5.60 Å². The zero-order valence-corrected chi connectivity index (χ0v) is 18.9. The molecule has 2 N–H and O–H groups in total. The summed E-state index contributed by atoms with van der Waals surface area (Å²) in [5.41, 5.74) is -2.00. The van der Waals surface area contributed by atoms with Crippen LogP contribution in [0.5, 0.6) is 0 Å². The van der Waals surface area contributed by atoms with Gasteiger partial charge in [0.2, 0.25) is 0 Å². The van der Waals surface area contributed by atoms with Gasteiger partial charge in [-0.2, -0.15) is 13.2 Å². The summed E-state index contributed by atoms with van der Waals surface area (Å²) in [7, 11) is 1.17. The van der Waals surface area contributed by atoms with Crippen LogP contribution in [-0.2, 0) is 15.7 Å². The summed E-state index contributed by atoms with van der Waals surface area (Å²) >= 11 is 0. The van der Waals surface area contributed by atoms with Crippen molar-refractivity contribution >= 4 is 17.7 Å². The topological polar surface area (TPSA) is 76.7 Å². The molecule has 174 valence electrons. The molecule has 0 heterocycles. The third kappa shape index (κ3) is 5.83. The molecule has 2 rings (SSSR count). The number of hydrogen-bond donors (Lipinski definition) is 2. The van der Waals surface area contributed by atoms with E-state index in [1.54, 1.807) is 27.7 Å². The van der Waals surface area contributed by atoms with Crippen LogP contribution in [0.25, 0.3) is 0 Å². The number of nitrogens with one attached hydrogen (secondary N) is 2. The van der Waals surface area contributed by atoms with Crippen molar-refractivity contribution in [1.29, 1.82) is 0 Å². The molecule has 1 aromatic carbocycles. The fourth-order valence-electron chi connectivity index (χ4n) is 4.00. The van der Waals surface area contributed by atoms with E-state index < -0.39 is 29.4 Å². The summed E-state index contributed by atoms with van der Waals surface area (Å²) < 4.78 is 50.4. The first-order valence-electron chi connectivity index (χ1n) is 10.1. The summed E-state index contributed by atoms with van der Waals surface area (Å²) in [5, 5.41) is 5.78. The largest absolute Gasteiger partial charge is 0.465 e. The fourth-order valence-corrected chi connectivity index (χ4v) is 4.00. The molecule has 31 heavy (non-hydrogen) atoms. The van der Waals surface area contributed by atoms with Crippen LogP contribution in [0, 0.1) is 11.3 Å². The van der Waals surface area contributed by atoms with Crippen LogP contribution >= 0.6 is 0 Å². The van der Waals surface area contributed by atoms with E-state index in [0.29, 0.717) is 6.42 Å². The second kappa shape index (κ2) is 8.59. The van der Waals surface area contributed by atoms with E-state index in [1.807, 2.05) is 13.8 Å². The quantitative estimate of drug-likeness (QED) is 0.608. The van der Waals surface area contributed by atoms with Gasteiger partial charge in [-0.3, -0.25) is 0 Å². The van der Waals surface area contributed by atoms with Gasteiger partial charge in [-0.15, -0.1) is 0 Å². The molecule has 0 bridgehead atoms. The Kier molecular flexibility index (Phi) is 6.88. The number of carbonyl (C=O) groups excluding carboxylic acids is 2. The molecule has 1 aliphatic rings. The van der Waals surface area contributed by atoms with Crippen LogP contribution in [0.15, 0.2) is 18.2 Å². The average molecular weight is 444 g/mol. The summed E-state index contributed by atoms with van der Waals surface area (Å²) in [6.07, 6.45) is -4.51. The minimum atomic E-state index is -4.58. The number of anilines is 1. The minimum Gasteiger partial charge on any atom is -0.465 e. The Morgan fingerprint density at radius 2 is 1.81 bits per heavy atom. The molecular formula is C22H31F3N2O4. The highest BCUT2D eigenvalue weighted by Crippen LogP contribution is 2.49. The smallest absolute Gasteiger partial charge is 0.418 e. The number of halogens is 3. The van der Waals surface area contributed by atoms with E-state index in [4.69, 9.17) is 4.74 Å². The summed E-state index contributed by atoms with van der Waals surface area (Å²) in [6.45, 7) is 11.0. The van der Waals surface area contributed by atoms with E-state index in [9.17, 15) is 22.8 Å². The lowest BCUT2D eigenvalue weighted by Gasteiger charge is -2.54. The number of alkyl halides is 3. The van der Waals surface area contributed by atoms with Crippen molar-refractivity contribution in [1.82, 2.24) is 5.32 Å². The lowest BCUT2D eigenvalue weighted by atomic mass is 9.56. The highest BCUT2D eigenvalue weighted by atomic mass is 19.4. The van der Waals surface area contributed by atoms with Gasteiger partial charge in [0.05, 0.1) is 18.2 Å². The summed E-state index contributed by atoms with van der Waals surface area (Å²) in [5.74, 6) is -0.731. The van der Waals surface area contributed by atoms with E-state index in [1.165, 1.54) is 7.11 Å². The number of benzene rings is 1. The predicted molar refractivity (Wildman–Crippen MR) is 111 cm³/mol. The molecule has 0 aromatic heterocycles. The molecule has 3 atom stereocenters. The Balaban J connectivity index is 2.15. The van der Waals surface area contributed by atoms with Gasteiger partial charge in [0, 0.05) is 17.8 Å². The maximum atomic E-state index is 13.5. The number of rotatable bonds is 5. The van der Waals surface area contributed by atoms with Crippen molar-refractivity contribution in [2.24, 2.45) is 11.3 Å². The van der Waals surface area contributed by atoms with E-state index in [-0.39, 0.29) is 34.7 Å². The second-order valence-electron chi connectivity index (χ2n) is 9.55. The van der Waals surface area contributed by atoms with Crippen LogP contribution in [0.2, 0.25) is 0 Å². The molecule has 0 saturated heterocycles. The SMILES string of the molecule is COC(=O)c1ccc(C(F)(F)F)c(NC(C)[C@H]2C[C@@H](NC(=O)OC(C)(C)C)C2(C)C)c1. The Morgan fingerprint density at radius 1 is 1.19 bits per heavy atom. The minimum absolute atomic E-state index is 0.0182. The maximum absolute atomic E-state index is 13.5. The predicted octanol–water partition coefficient (Wildman–Crippen LogP) is 5.23. The fraction of sp³-hybridized carbons (Fsp3) is 0.636. The van der Waals surface area contributed by atoms with Crippen molar-refractivity contribution in [2.75, 3.05) is 12.4 Å². The normalized spacial score (nSPS) is 21.5. The van der Waals surface area contributed by atoms with E-state index in [0.717, 1.165) is 18.2 Å². The molecule has 1 fully saturated rings. The molecule has 9 heteroatoms. The zero-order valence-electron chi connectivity index (χ0n) is 18.9. The van der Waals surface area contributed by atoms with Gasteiger partial charge >= 0.3 is 18.2 Å². The Bertz CT molecular complexity index is 831. The highest BCUT2D eigenvalue weighted by molar-refractivity contribution is 5.90.